The van der Waals surface area contributed by atoms with E-state index in [1.807, 2.05) is 26.0 Å². The van der Waals surface area contributed by atoms with Crippen molar-refractivity contribution in [1.29, 1.82) is 0 Å². The second kappa shape index (κ2) is 9.02. The Morgan fingerprint density at radius 1 is 1.38 bits per heavy atom. The molecule has 0 spiro atoms. The Kier molecular flexibility index (Phi) is 8.32. The summed E-state index contributed by atoms with van der Waals surface area (Å²) in [4.78, 5) is 2.27. The zero-order valence-corrected chi connectivity index (χ0v) is 11.1. The zero-order chi connectivity index (χ0) is 12.4. The summed E-state index contributed by atoms with van der Waals surface area (Å²) in [6.07, 6.45) is 15.0. The van der Waals surface area contributed by atoms with Crippen LogP contribution >= 0.6 is 0 Å². The van der Waals surface area contributed by atoms with Crippen LogP contribution in [0.5, 0.6) is 0 Å². The summed E-state index contributed by atoms with van der Waals surface area (Å²) >= 11 is 0. The molecule has 16 heavy (non-hydrogen) atoms. The summed E-state index contributed by atoms with van der Waals surface area (Å²) in [5.41, 5.74) is 1.32. The molecule has 1 aliphatic rings. The van der Waals surface area contributed by atoms with Crippen LogP contribution in [0.3, 0.4) is 0 Å². The van der Waals surface area contributed by atoms with Crippen molar-refractivity contribution in [3.63, 3.8) is 0 Å². The maximum Gasteiger partial charge on any atom is 0.0444 e. The first-order chi connectivity index (χ1) is 7.75. The fraction of sp³-hybridized carbons (Fsp3) is 0.467. The maximum absolute atomic E-state index is 3.67. The van der Waals surface area contributed by atoms with Gasteiger partial charge in [0.05, 0.1) is 0 Å². The number of likely N-dealkylation sites (N-methyl/N-ethyl adjacent to an activating group) is 1. The molecular weight excluding hydrogens is 194 g/mol. The third-order valence-electron chi connectivity index (χ3n) is 2.52. The van der Waals surface area contributed by atoms with Gasteiger partial charge in [0, 0.05) is 18.8 Å². The minimum absolute atomic E-state index is 0.419. The van der Waals surface area contributed by atoms with Gasteiger partial charge in [0.2, 0.25) is 0 Å². The number of rotatable bonds is 4. The second-order valence-corrected chi connectivity index (χ2v) is 3.58. The lowest BCUT2D eigenvalue weighted by molar-refractivity contribution is 0.381. The first-order valence-corrected chi connectivity index (χ1v) is 6.14. The molecule has 0 fully saturated rings. The molecular formula is C15H25N. The smallest absolute Gasteiger partial charge is 0.0444 e. The number of hydrogen-bond donors (Lipinski definition) is 0. The molecule has 1 atom stereocenters. The van der Waals surface area contributed by atoms with Crippen LogP contribution in [-0.2, 0) is 0 Å². The third kappa shape index (κ3) is 5.01. The van der Waals surface area contributed by atoms with Gasteiger partial charge >= 0.3 is 0 Å². The Balaban J connectivity index is 0.00000106. The van der Waals surface area contributed by atoms with Crippen LogP contribution in [0.4, 0.5) is 0 Å². The van der Waals surface area contributed by atoms with Crippen molar-refractivity contribution in [3.8, 4) is 0 Å². The van der Waals surface area contributed by atoms with Gasteiger partial charge in [0.1, 0.15) is 0 Å². The van der Waals surface area contributed by atoms with E-state index in [1.165, 1.54) is 12.1 Å². The molecule has 90 valence electrons. The quantitative estimate of drug-likeness (QED) is 0.637. The summed E-state index contributed by atoms with van der Waals surface area (Å²) in [5, 5.41) is 0. The van der Waals surface area contributed by atoms with E-state index in [0.29, 0.717) is 6.04 Å². The van der Waals surface area contributed by atoms with Gasteiger partial charge in [-0.3, -0.25) is 0 Å². The Bertz CT molecular complexity index is 271. The van der Waals surface area contributed by atoms with Crippen LogP contribution in [0.1, 0.15) is 33.6 Å². The molecule has 1 unspecified atom stereocenters. The van der Waals surface area contributed by atoms with Crippen LogP contribution in [-0.4, -0.2) is 18.0 Å². The molecule has 0 saturated heterocycles. The zero-order valence-electron chi connectivity index (χ0n) is 11.1. The van der Waals surface area contributed by atoms with Crippen LogP contribution < -0.4 is 0 Å². The predicted molar refractivity (Wildman–Crippen MR) is 74.4 cm³/mol. The standard InChI is InChI=1S/C13H19N.C2H6/c1-4-5-9-12(2)14(3)13-10-7-6-8-11-13;1-2/h4-5,7,9-12H,1,6,8H2,2-3H3;1-2H3/b9-5-;. The summed E-state index contributed by atoms with van der Waals surface area (Å²) in [5.74, 6) is 0. The summed E-state index contributed by atoms with van der Waals surface area (Å²) in [6, 6.07) is 0.419. The number of allylic oxidation sites excluding steroid dienone is 5. The van der Waals surface area contributed by atoms with Crippen LogP contribution in [0.25, 0.3) is 0 Å². The Labute approximate surface area is 101 Å². The Morgan fingerprint density at radius 2 is 2.06 bits per heavy atom. The fourth-order valence-electron chi connectivity index (χ4n) is 1.46. The highest BCUT2D eigenvalue weighted by molar-refractivity contribution is 5.22. The molecule has 0 heterocycles. The molecule has 1 aliphatic carbocycles. The average Bonchev–Trinajstić information content (AvgIpc) is 2.38. The third-order valence-corrected chi connectivity index (χ3v) is 2.52. The molecule has 0 aromatic heterocycles. The molecule has 0 aromatic rings. The molecule has 0 aliphatic heterocycles. The van der Waals surface area contributed by atoms with Crippen molar-refractivity contribution < 1.29 is 0 Å². The van der Waals surface area contributed by atoms with Crippen molar-refractivity contribution >= 4 is 0 Å². The maximum atomic E-state index is 3.67. The van der Waals surface area contributed by atoms with E-state index in [1.54, 1.807) is 0 Å². The lowest BCUT2D eigenvalue weighted by Gasteiger charge is -2.26. The van der Waals surface area contributed by atoms with Gasteiger partial charge < -0.3 is 4.90 Å². The van der Waals surface area contributed by atoms with Gasteiger partial charge in [-0.15, -0.1) is 0 Å². The van der Waals surface area contributed by atoms with Crippen molar-refractivity contribution in [1.82, 2.24) is 4.90 Å². The summed E-state index contributed by atoms with van der Waals surface area (Å²) in [7, 11) is 2.12. The number of nitrogens with zero attached hydrogens (tertiary/aromatic N) is 1. The second-order valence-electron chi connectivity index (χ2n) is 3.58. The molecule has 1 rings (SSSR count). The minimum Gasteiger partial charge on any atom is -0.369 e. The summed E-state index contributed by atoms with van der Waals surface area (Å²) < 4.78 is 0. The summed E-state index contributed by atoms with van der Waals surface area (Å²) in [6.45, 7) is 9.85. The fourth-order valence-corrected chi connectivity index (χ4v) is 1.46. The van der Waals surface area contributed by atoms with Crippen LogP contribution in [0.15, 0.2) is 48.7 Å². The molecule has 0 amide bonds. The first-order valence-electron chi connectivity index (χ1n) is 6.14. The largest absolute Gasteiger partial charge is 0.369 e. The van der Waals surface area contributed by atoms with Crippen LogP contribution in [0.2, 0.25) is 0 Å². The van der Waals surface area contributed by atoms with E-state index in [4.69, 9.17) is 0 Å². The molecule has 1 nitrogen and oxygen atoms in total. The highest BCUT2D eigenvalue weighted by atomic mass is 15.1. The van der Waals surface area contributed by atoms with Crippen molar-refractivity contribution in [3.05, 3.63) is 48.7 Å². The minimum atomic E-state index is 0.419. The monoisotopic (exact) mass is 219 g/mol. The molecule has 0 bridgehead atoms. The highest BCUT2D eigenvalue weighted by Gasteiger charge is 2.08. The van der Waals surface area contributed by atoms with E-state index < -0.39 is 0 Å². The molecule has 0 aromatic carbocycles. The van der Waals surface area contributed by atoms with Gasteiger partial charge in [-0.2, -0.15) is 0 Å². The molecule has 0 saturated carbocycles. The number of hydrogen-bond acceptors (Lipinski definition) is 1. The van der Waals surface area contributed by atoms with Gasteiger partial charge in [0.25, 0.3) is 0 Å². The highest BCUT2D eigenvalue weighted by Crippen LogP contribution is 2.15. The average molecular weight is 219 g/mol. The molecule has 0 N–H and O–H groups in total. The lowest BCUT2D eigenvalue weighted by Crippen LogP contribution is -2.26. The topological polar surface area (TPSA) is 3.24 Å². The van der Waals surface area contributed by atoms with Crippen LogP contribution in [0, 0.1) is 0 Å². The van der Waals surface area contributed by atoms with E-state index in [2.05, 4.69) is 49.8 Å². The van der Waals surface area contributed by atoms with E-state index in [9.17, 15) is 0 Å². The lowest BCUT2D eigenvalue weighted by atomic mass is 10.1. The molecule has 1 heteroatoms. The Hall–Kier alpha value is -1.24. The first kappa shape index (κ1) is 14.8. The predicted octanol–water partition coefficient (Wildman–Crippen LogP) is 4.31. The van der Waals surface area contributed by atoms with Gasteiger partial charge in [-0.1, -0.05) is 50.8 Å². The van der Waals surface area contributed by atoms with E-state index in [0.717, 1.165) is 6.42 Å². The van der Waals surface area contributed by atoms with Crippen molar-refractivity contribution in [2.75, 3.05) is 7.05 Å². The molecule has 0 radical (unpaired) electrons. The van der Waals surface area contributed by atoms with E-state index >= 15 is 0 Å². The van der Waals surface area contributed by atoms with Crippen molar-refractivity contribution in [2.24, 2.45) is 0 Å². The van der Waals surface area contributed by atoms with Gasteiger partial charge in [-0.05, 0) is 25.8 Å². The van der Waals surface area contributed by atoms with Gasteiger partial charge in [-0.25, -0.2) is 0 Å². The normalized spacial score (nSPS) is 16.1. The SMILES string of the molecule is C=C/C=C\C(C)N(C)C1=CCCC=C1.CC. The Morgan fingerprint density at radius 3 is 2.56 bits per heavy atom. The van der Waals surface area contributed by atoms with Crippen molar-refractivity contribution in [2.45, 2.75) is 39.7 Å². The van der Waals surface area contributed by atoms with E-state index in [-0.39, 0.29) is 0 Å². The van der Waals surface area contributed by atoms with Gasteiger partial charge in [0.15, 0.2) is 0 Å².